The summed E-state index contributed by atoms with van der Waals surface area (Å²) < 4.78 is 11.9. The van der Waals surface area contributed by atoms with Crippen LogP contribution < -0.4 is 14.8 Å². The highest BCUT2D eigenvalue weighted by molar-refractivity contribution is 9.10. The summed E-state index contributed by atoms with van der Waals surface area (Å²) in [5.41, 5.74) is 0.0110. The Bertz CT molecular complexity index is 681. The van der Waals surface area contributed by atoms with Crippen molar-refractivity contribution in [3.05, 3.63) is 22.2 Å². The highest BCUT2D eigenvalue weighted by Crippen LogP contribution is 2.38. The van der Waals surface area contributed by atoms with E-state index in [4.69, 9.17) is 9.47 Å². The first kappa shape index (κ1) is 16.9. The average Bonchev–Trinajstić information content (AvgIpc) is 2.97. The first-order valence-corrected chi connectivity index (χ1v) is 8.52. The van der Waals surface area contributed by atoms with E-state index in [2.05, 4.69) is 21.2 Å². The van der Waals surface area contributed by atoms with Crippen molar-refractivity contribution in [2.24, 2.45) is 5.41 Å². The lowest BCUT2D eigenvalue weighted by molar-refractivity contribution is -0.147. The number of amides is 2. The van der Waals surface area contributed by atoms with E-state index in [1.807, 2.05) is 12.1 Å². The van der Waals surface area contributed by atoms with Crippen LogP contribution >= 0.6 is 15.9 Å². The number of halogens is 1. The maximum absolute atomic E-state index is 12.3. The van der Waals surface area contributed by atoms with E-state index in [-0.39, 0.29) is 12.6 Å². The summed E-state index contributed by atoms with van der Waals surface area (Å²) in [6.07, 6.45) is 0.464. The number of nitrogens with zero attached hydrogens (tertiary/aromatic N) is 1. The molecule has 0 aromatic heterocycles. The van der Waals surface area contributed by atoms with Crippen LogP contribution in [0.15, 0.2) is 16.6 Å². The predicted molar refractivity (Wildman–Crippen MR) is 89.3 cm³/mol. The van der Waals surface area contributed by atoms with Gasteiger partial charge in [-0.1, -0.05) is 0 Å². The molecule has 0 bridgehead atoms. The first-order chi connectivity index (χ1) is 11.4. The molecule has 2 aliphatic rings. The number of fused-ring (bicyclic) bond motifs is 1. The lowest BCUT2D eigenvalue weighted by Crippen LogP contribution is -2.40. The van der Waals surface area contributed by atoms with Crippen molar-refractivity contribution >= 4 is 27.9 Å². The normalized spacial score (nSPS) is 22.3. The number of aliphatic carboxylic acids is 1. The number of carboxylic acid groups (broad SMARTS) is 1. The van der Waals surface area contributed by atoms with Gasteiger partial charge in [-0.2, -0.15) is 0 Å². The summed E-state index contributed by atoms with van der Waals surface area (Å²) in [7, 11) is 0. The fourth-order valence-electron chi connectivity index (χ4n) is 2.86. The van der Waals surface area contributed by atoms with Crippen molar-refractivity contribution in [3.8, 4) is 11.5 Å². The Morgan fingerprint density at radius 2 is 2.12 bits per heavy atom. The standard InChI is InChI=1S/C16H19BrN2O5/c1-16(14(20)21)2-3-19(9-16)15(22)18-8-10-6-11(17)13-12(7-10)23-4-5-24-13/h6-7H,2-5,8-9H2,1H3,(H,18,22)(H,20,21). The van der Waals surface area contributed by atoms with E-state index in [0.717, 1.165) is 10.0 Å². The number of benzene rings is 1. The fraction of sp³-hybridized carbons (Fsp3) is 0.500. The SMILES string of the molecule is CC1(C(=O)O)CCN(C(=O)NCc2cc(Br)c3c(c2)OCCO3)C1. The molecule has 1 unspecified atom stereocenters. The molecule has 1 aromatic carbocycles. The van der Waals surface area contributed by atoms with Crippen LogP contribution in [0.25, 0.3) is 0 Å². The zero-order chi connectivity index (χ0) is 17.3. The number of urea groups is 1. The fourth-order valence-corrected chi connectivity index (χ4v) is 3.47. The number of rotatable bonds is 3. The third-order valence-electron chi connectivity index (χ3n) is 4.38. The first-order valence-electron chi connectivity index (χ1n) is 7.73. The van der Waals surface area contributed by atoms with Gasteiger partial charge in [0.05, 0.1) is 9.89 Å². The Morgan fingerprint density at radius 3 is 2.83 bits per heavy atom. The summed E-state index contributed by atoms with van der Waals surface area (Å²) in [6.45, 7) is 3.67. The topological polar surface area (TPSA) is 88.1 Å². The number of likely N-dealkylation sites (tertiary alicyclic amines) is 1. The van der Waals surface area contributed by atoms with Gasteiger partial charge < -0.3 is 24.8 Å². The number of carboxylic acids is 1. The Kier molecular flexibility index (Phi) is 4.58. The van der Waals surface area contributed by atoms with Crippen LogP contribution in [-0.2, 0) is 11.3 Å². The van der Waals surface area contributed by atoms with Gasteiger partial charge in [0.15, 0.2) is 11.5 Å². The summed E-state index contributed by atoms with van der Waals surface area (Å²) in [5.74, 6) is 0.459. The van der Waals surface area contributed by atoms with Gasteiger partial charge in [-0.05, 0) is 47.0 Å². The molecule has 0 spiro atoms. The van der Waals surface area contributed by atoms with Gasteiger partial charge in [-0.25, -0.2) is 4.79 Å². The van der Waals surface area contributed by atoms with E-state index in [0.29, 0.717) is 44.2 Å². The Morgan fingerprint density at radius 1 is 1.38 bits per heavy atom. The molecule has 7 nitrogen and oxygen atoms in total. The summed E-state index contributed by atoms with van der Waals surface area (Å²) in [5, 5.41) is 12.1. The van der Waals surface area contributed by atoms with Crippen molar-refractivity contribution in [2.45, 2.75) is 19.9 Å². The lowest BCUT2D eigenvalue weighted by atomic mass is 9.90. The van der Waals surface area contributed by atoms with Crippen LogP contribution in [0.5, 0.6) is 11.5 Å². The zero-order valence-corrected chi connectivity index (χ0v) is 14.9. The Labute approximate surface area is 148 Å². The van der Waals surface area contributed by atoms with Crippen molar-refractivity contribution in [3.63, 3.8) is 0 Å². The van der Waals surface area contributed by atoms with Crippen LogP contribution in [0, 0.1) is 5.41 Å². The van der Waals surface area contributed by atoms with Gasteiger partial charge >= 0.3 is 12.0 Å². The zero-order valence-electron chi connectivity index (χ0n) is 13.3. The van der Waals surface area contributed by atoms with Crippen molar-refractivity contribution in [1.82, 2.24) is 10.2 Å². The summed E-state index contributed by atoms with van der Waals surface area (Å²) in [4.78, 5) is 25.1. The van der Waals surface area contributed by atoms with Crippen LogP contribution in [0.3, 0.4) is 0 Å². The Balaban J connectivity index is 1.61. The molecule has 24 heavy (non-hydrogen) atoms. The van der Waals surface area contributed by atoms with Gasteiger partial charge in [-0.3, -0.25) is 4.79 Å². The van der Waals surface area contributed by atoms with E-state index in [9.17, 15) is 14.7 Å². The average molecular weight is 399 g/mol. The third kappa shape index (κ3) is 3.28. The van der Waals surface area contributed by atoms with Gasteiger partial charge in [0, 0.05) is 19.6 Å². The quantitative estimate of drug-likeness (QED) is 0.814. The number of carbonyl (C=O) groups excluding carboxylic acids is 1. The number of nitrogens with one attached hydrogen (secondary N) is 1. The monoisotopic (exact) mass is 398 g/mol. The molecule has 2 aliphatic heterocycles. The van der Waals surface area contributed by atoms with Gasteiger partial charge in [-0.15, -0.1) is 0 Å². The molecule has 8 heteroatoms. The smallest absolute Gasteiger partial charge is 0.317 e. The van der Waals surface area contributed by atoms with E-state index >= 15 is 0 Å². The molecule has 1 saturated heterocycles. The molecular weight excluding hydrogens is 380 g/mol. The maximum atomic E-state index is 12.3. The number of ether oxygens (including phenoxy) is 2. The second-order valence-corrected chi connectivity index (χ2v) is 7.15. The lowest BCUT2D eigenvalue weighted by Gasteiger charge is -2.22. The molecule has 2 heterocycles. The summed E-state index contributed by atoms with van der Waals surface area (Å²) in [6, 6.07) is 3.45. The molecule has 0 radical (unpaired) electrons. The maximum Gasteiger partial charge on any atom is 0.317 e. The summed E-state index contributed by atoms with van der Waals surface area (Å²) >= 11 is 3.44. The molecule has 3 rings (SSSR count). The molecule has 1 aromatic rings. The molecule has 130 valence electrons. The number of hydrogen-bond acceptors (Lipinski definition) is 4. The molecule has 2 N–H and O–H groups in total. The minimum absolute atomic E-state index is 0.221. The van der Waals surface area contributed by atoms with Gasteiger partial charge in [0.25, 0.3) is 0 Å². The van der Waals surface area contributed by atoms with Crippen molar-refractivity contribution < 1.29 is 24.2 Å². The molecule has 0 aliphatic carbocycles. The van der Waals surface area contributed by atoms with Crippen LogP contribution in [-0.4, -0.2) is 48.3 Å². The largest absolute Gasteiger partial charge is 0.486 e. The highest BCUT2D eigenvalue weighted by Gasteiger charge is 2.42. The third-order valence-corrected chi connectivity index (χ3v) is 4.97. The number of hydrogen-bond donors (Lipinski definition) is 2. The van der Waals surface area contributed by atoms with Gasteiger partial charge in [0.2, 0.25) is 0 Å². The Hall–Kier alpha value is -1.96. The van der Waals surface area contributed by atoms with Crippen LogP contribution in [0.1, 0.15) is 18.9 Å². The molecule has 0 saturated carbocycles. The van der Waals surface area contributed by atoms with Crippen molar-refractivity contribution in [2.75, 3.05) is 26.3 Å². The minimum Gasteiger partial charge on any atom is -0.486 e. The molecule has 1 atom stereocenters. The van der Waals surface area contributed by atoms with Gasteiger partial charge in [0.1, 0.15) is 13.2 Å². The van der Waals surface area contributed by atoms with Crippen LogP contribution in [0.4, 0.5) is 4.79 Å². The molecular formula is C16H19BrN2O5. The van der Waals surface area contributed by atoms with E-state index in [1.165, 1.54) is 0 Å². The number of carbonyl (C=O) groups is 2. The highest BCUT2D eigenvalue weighted by atomic mass is 79.9. The van der Waals surface area contributed by atoms with Crippen LogP contribution in [0.2, 0.25) is 0 Å². The minimum atomic E-state index is -0.867. The van der Waals surface area contributed by atoms with E-state index < -0.39 is 11.4 Å². The van der Waals surface area contributed by atoms with E-state index in [1.54, 1.807) is 11.8 Å². The second-order valence-electron chi connectivity index (χ2n) is 6.30. The second kappa shape index (κ2) is 6.51. The molecule has 2 amide bonds. The van der Waals surface area contributed by atoms with Crippen molar-refractivity contribution in [1.29, 1.82) is 0 Å². The predicted octanol–water partition coefficient (Wildman–Crippen LogP) is 2.23. The molecule has 1 fully saturated rings.